The highest BCUT2D eigenvalue weighted by Crippen LogP contribution is 2.43. The summed E-state index contributed by atoms with van der Waals surface area (Å²) in [6, 6.07) is 10.2. The van der Waals surface area contributed by atoms with Gasteiger partial charge < -0.3 is 10.2 Å². The number of hydrogen-bond acceptors (Lipinski definition) is 3. The van der Waals surface area contributed by atoms with Crippen molar-refractivity contribution in [3.63, 3.8) is 0 Å². The molecule has 1 aromatic heterocycles. The molecule has 5 nitrogen and oxygen atoms in total. The van der Waals surface area contributed by atoms with E-state index in [9.17, 15) is 14.0 Å². The van der Waals surface area contributed by atoms with E-state index in [1.807, 2.05) is 30.0 Å². The summed E-state index contributed by atoms with van der Waals surface area (Å²) >= 11 is 0. The number of nitrogens with zero attached hydrogens (tertiary/aromatic N) is 2. The number of aromatic nitrogens is 1. The van der Waals surface area contributed by atoms with Gasteiger partial charge in [0.05, 0.1) is 11.3 Å². The number of pyridine rings is 1. The van der Waals surface area contributed by atoms with E-state index >= 15 is 0 Å². The Labute approximate surface area is 176 Å². The molecule has 1 atom stereocenters. The number of halogens is 1. The Morgan fingerprint density at radius 3 is 2.70 bits per heavy atom. The lowest BCUT2D eigenvalue weighted by Crippen LogP contribution is -2.51. The molecule has 2 heterocycles. The molecule has 30 heavy (non-hydrogen) atoms. The van der Waals surface area contributed by atoms with Crippen LogP contribution in [-0.2, 0) is 15.0 Å². The van der Waals surface area contributed by atoms with Crippen molar-refractivity contribution in [2.75, 3.05) is 18.4 Å². The minimum atomic E-state index is -0.669. The Hall–Kier alpha value is -2.76. The average Bonchev–Trinajstić information content (AvgIpc) is 3.26. The summed E-state index contributed by atoms with van der Waals surface area (Å²) in [5, 5.41) is 2.92. The molecule has 1 aliphatic carbocycles. The molecule has 0 bridgehead atoms. The number of carbonyl (C=O) groups excluding carboxylic acids is 2. The third-order valence-corrected chi connectivity index (χ3v) is 6.57. The van der Waals surface area contributed by atoms with Crippen LogP contribution in [0.1, 0.15) is 49.7 Å². The molecule has 1 saturated heterocycles. The van der Waals surface area contributed by atoms with E-state index in [4.69, 9.17) is 0 Å². The minimum absolute atomic E-state index is 0.0390. The van der Waals surface area contributed by atoms with Crippen molar-refractivity contribution in [2.45, 2.75) is 50.9 Å². The zero-order chi connectivity index (χ0) is 21.1. The molecule has 0 spiro atoms. The molecule has 6 heteroatoms. The van der Waals surface area contributed by atoms with Gasteiger partial charge in [0, 0.05) is 19.3 Å². The maximum absolute atomic E-state index is 13.9. The molecule has 4 rings (SSSR count). The first-order valence-electron chi connectivity index (χ1n) is 10.8. The van der Waals surface area contributed by atoms with Crippen LogP contribution in [-0.4, -0.2) is 34.8 Å². The fourth-order valence-corrected chi connectivity index (χ4v) is 4.90. The highest BCUT2D eigenvalue weighted by atomic mass is 19.1. The summed E-state index contributed by atoms with van der Waals surface area (Å²) in [5.74, 6) is -0.0705. The standard InChI is InChI=1S/C24H28FN3O2/c1-17-7-5-13-26-21(17)27-22(29)18-8-6-14-28(16-18)23(30)24(11-2-3-12-24)19-9-4-10-20(25)15-19/h4-5,7,9-10,13,15,18H,2-3,6,8,11-12,14,16H2,1H3,(H,26,27,29). The predicted octanol–water partition coefficient (Wildman–Crippen LogP) is 4.22. The monoisotopic (exact) mass is 409 g/mol. The van der Waals surface area contributed by atoms with Crippen LogP contribution in [0, 0.1) is 18.7 Å². The first-order valence-corrected chi connectivity index (χ1v) is 10.8. The smallest absolute Gasteiger partial charge is 0.233 e. The molecule has 2 aliphatic rings. The van der Waals surface area contributed by atoms with Crippen molar-refractivity contribution in [2.24, 2.45) is 5.92 Å². The second-order valence-corrected chi connectivity index (χ2v) is 8.55. The van der Waals surface area contributed by atoms with Crippen molar-refractivity contribution >= 4 is 17.6 Å². The van der Waals surface area contributed by atoms with Gasteiger partial charge in [-0.05, 0) is 61.9 Å². The quantitative estimate of drug-likeness (QED) is 0.823. The molecule has 2 fully saturated rings. The van der Waals surface area contributed by atoms with Crippen LogP contribution in [0.5, 0.6) is 0 Å². The van der Waals surface area contributed by atoms with Crippen molar-refractivity contribution in [3.8, 4) is 0 Å². The number of anilines is 1. The normalized spacial score (nSPS) is 20.7. The first kappa shape index (κ1) is 20.5. The third-order valence-electron chi connectivity index (χ3n) is 6.57. The van der Waals surface area contributed by atoms with Gasteiger partial charge in [0.2, 0.25) is 11.8 Å². The molecule has 1 aromatic carbocycles. The van der Waals surface area contributed by atoms with Crippen molar-refractivity contribution in [1.29, 1.82) is 0 Å². The first-order chi connectivity index (χ1) is 14.5. The van der Waals surface area contributed by atoms with Gasteiger partial charge in [0.15, 0.2) is 0 Å². The largest absolute Gasteiger partial charge is 0.341 e. The summed E-state index contributed by atoms with van der Waals surface area (Å²) in [4.78, 5) is 32.6. The van der Waals surface area contributed by atoms with E-state index < -0.39 is 5.41 Å². The van der Waals surface area contributed by atoms with E-state index in [1.165, 1.54) is 12.1 Å². The van der Waals surface area contributed by atoms with Crippen LogP contribution in [0.15, 0.2) is 42.6 Å². The van der Waals surface area contributed by atoms with Crippen molar-refractivity contribution < 1.29 is 14.0 Å². The Morgan fingerprint density at radius 1 is 1.17 bits per heavy atom. The fraction of sp³-hybridized carbons (Fsp3) is 0.458. The molecule has 1 saturated carbocycles. The third kappa shape index (κ3) is 3.95. The lowest BCUT2D eigenvalue weighted by Gasteiger charge is -2.39. The maximum atomic E-state index is 13.9. The van der Waals surface area contributed by atoms with Gasteiger partial charge in [-0.15, -0.1) is 0 Å². The highest BCUT2D eigenvalue weighted by molar-refractivity contribution is 5.94. The van der Waals surface area contributed by atoms with Crippen LogP contribution in [0.3, 0.4) is 0 Å². The minimum Gasteiger partial charge on any atom is -0.341 e. The number of benzene rings is 1. The summed E-state index contributed by atoms with van der Waals surface area (Å²) in [6.07, 6.45) is 6.56. The predicted molar refractivity (Wildman–Crippen MR) is 113 cm³/mol. The molecule has 0 radical (unpaired) electrons. The highest BCUT2D eigenvalue weighted by Gasteiger charge is 2.46. The molecule has 1 aliphatic heterocycles. The van der Waals surface area contributed by atoms with Gasteiger partial charge in [0.25, 0.3) is 0 Å². The number of rotatable bonds is 4. The molecule has 2 aromatic rings. The van der Waals surface area contributed by atoms with Gasteiger partial charge in [-0.25, -0.2) is 9.37 Å². The number of carbonyl (C=O) groups is 2. The number of aryl methyl sites for hydroxylation is 1. The molecule has 1 unspecified atom stereocenters. The lowest BCUT2D eigenvalue weighted by molar-refractivity contribution is -0.140. The van der Waals surface area contributed by atoms with Crippen LogP contribution >= 0.6 is 0 Å². The van der Waals surface area contributed by atoms with Gasteiger partial charge in [-0.3, -0.25) is 9.59 Å². The SMILES string of the molecule is Cc1cccnc1NC(=O)C1CCCN(C(=O)C2(c3cccc(F)c3)CCCC2)C1. The topological polar surface area (TPSA) is 62.3 Å². The van der Waals surface area contributed by atoms with Crippen LogP contribution in [0.4, 0.5) is 10.2 Å². The number of likely N-dealkylation sites (tertiary alicyclic amines) is 1. The van der Waals surface area contributed by atoms with Crippen LogP contribution in [0.2, 0.25) is 0 Å². The van der Waals surface area contributed by atoms with Gasteiger partial charge >= 0.3 is 0 Å². The Bertz CT molecular complexity index is 940. The zero-order valence-electron chi connectivity index (χ0n) is 17.4. The summed E-state index contributed by atoms with van der Waals surface area (Å²) in [6.45, 7) is 2.94. The summed E-state index contributed by atoms with van der Waals surface area (Å²) in [7, 11) is 0. The van der Waals surface area contributed by atoms with E-state index in [1.54, 1.807) is 12.3 Å². The maximum Gasteiger partial charge on any atom is 0.233 e. The molecular weight excluding hydrogens is 381 g/mol. The Balaban J connectivity index is 1.51. The Morgan fingerprint density at radius 2 is 1.97 bits per heavy atom. The van der Waals surface area contributed by atoms with Gasteiger partial charge in [-0.2, -0.15) is 0 Å². The summed E-state index contributed by atoms with van der Waals surface area (Å²) in [5.41, 5.74) is 1.00. The van der Waals surface area contributed by atoms with Gasteiger partial charge in [-0.1, -0.05) is 31.0 Å². The number of amides is 2. The van der Waals surface area contributed by atoms with Crippen molar-refractivity contribution in [1.82, 2.24) is 9.88 Å². The fourth-order valence-electron chi connectivity index (χ4n) is 4.90. The Kier molecular flexibility index (Phi) is 5.84. The van der Waals surface area contributed by atoms with Crippen molar-refractivity contribution in [3.05, 3.63) is 59.5 Å². The number of hydrogen-bond donors (Lipinski definition) is 1. The second kappa shape index (κ2) is 8.54. The van der Waals surface area contributed by atoms with Gasteiger partial charge in [0.1, 0.15) is 11.6 Å². The lowest BCUT2D eigenvalue weighted by atomic mass is 9.77. The molecule has 1 N–H and O–H groups in total. The number of piperidine rings is 1. The molecular formula is C24H28FN3O2. The van der Waals surface area contributed by atoms with Crippen LogP contribution < -0.4 is 5.32 Å². The second-order valence-electron chi connectivity index (χ2n) is 8.55. The zero-order valence-corrected chi connectivity index (χ0v) is 17.4. The molecule has 158 valence electrons. The van der Waals surface area contributed by atoms with Crippen LogP contribution in [0.25, 0.3) is 0 Å². The number of nitrogens with one attached hydrogen (secondary N) is 1. The average molecular weight is 410 g/mol. The molecule has 2 amide bonds. The van der Waals surface area contributed by atoms with E-state index in [0.29, 0.717) is 18.9 Å². The summed E-state index contributed by atoms with van der Waals surface area (Å²) < 4.78 is 13.9. The van der Waals surface area contributed by atoms with E-state index in [2.05, 4.69) is 10.3 Å². The van der Waals surface area contributed by atoms with E-state index in [0.717, 1.165) is 49.7 Å². The van der Waals surface area contributed by atoms with E-state index in [-0.39, 0.29) is 23.5 Å².